The van der Waals surface area contributed by atoms with Gasteiger partial charge in [-0.1, -0.05) is 24.3 Å². The van der Waals surface area contributed by atoms with E-state index in [1.54, 1.807) is 42.6 Å². The molecule has 27 heavy (non-hydrogen) atoms. The molecule has 0 atom stereocenters. The molecular formula is C21H18F2N2O2. The SMILES string of the molecule is CC(F)(F)c1cccc(Cc2ccc(C(=O)O)cc2-c2ccnc(N)c2)c1. The lowest BCUT2D eigenvalue weighted by Gasteiger charge is -2.14. The van der Waals surface area contributed by atoms with Gasteiger partial charge in [-0.2, -0.15) is 0 Å². The van der Waals surface area contributed by atoms with Crippen molar-refractivity contribution < 1.29 is 18.7 Å². The number of aromatic nitrogens is 1. The van der Waals surface area contributed by atoms with Crippen LogP contribution < -0.4 is 5.73 Å². The van der Waals surface area contributed by atoms with Crippen LogP contribution in [0.2, 0.25) is 0 Å². The van der Waals surface area contributed by atoms with Crippen molar-refractivity contribution in [2.24, 2.45) is 0 Å². The first-order valence-corrected chi connectivity index (χ1v) is 8.29. The molecule has 2 aromatic carbocycles. The molecule has 0 spiro atoms. The van der Waals surface area contributed by atoms with Gasteiger partial charge in [0.2, 0.25) is 0 Å². The number of rotatable bonds is 5. The molecule has 6 heteroatoms. The summed E-state index contributed by atoms with van der Waals surface area (Å²) in [5.74, 6) is -3.66. The summed E-state index contributed by atoms with van der Waals surface area (Å²) < 4.78 is 27.2. The number of carbonyl (C=O) groups is 1. The molecule has 0 bridgehead atoms. The third kappa shape index (κ3) is 4.28. The summed E-state index contributed by atoms with van der Waals surface area (Å²) in [5, 5.41) is 9.30. The molecule has 0 aliphatic rings. The van der Waals surface area contributed by atoms with E-state index in [2.05, 4.69) is 4.98 Å². The number of pyridine rings is 1. The Balaban J connectivity index is 2.07. The molecule has 0 fully saturated rings. The normalized spacial score (nSPS) is 11.4. The molecule has 0 amide bonds. The van der Waals surface area contributed by atoms with E-state index in [0.29, 0.717) is 23.4 Å². The molecule has 4 nitrogen and oxygen atoms in total. The second-order valence-corrected chi connectivity index (χ2v) is 6.41. The maximum absolute atomic E-state index is 13.6. The molecule has 0 radical (unpaired) electrons. The number of hydrogen-bond acceptors (Lipinski definition) is 3. The molecule has 1 heterocycles. The molecule has 0 aliphatic heterocycles. The van der Waals surface area contributed by atoms with Crippen LogP contribution in [0.3, 0.4) is 0 Å². The van der Waals surface area contributed by atoms with Gasteiger partial charge in [-0.25, -0.2) is 18.6 Å². The van der Waals surface area contributed by atoms with Gasteiger partial charge in [-0.15, -0.1) is 0 Å². The number of benzene rings is 2. The quantitative estimate of drug-likeness (QED) is 0.682. The van der Waals surface area contributed by atoms with E-state index in [-0.39, 0.29) is 11.1 Å². The van der Waals surface area contributed by atoms with Crippen LogP contribution in [-0.2, 0) is 12.3 Å². The van der Waals surface area contributed by atoms with E-state index < -0.39 is 11.9 Å². The summed E-state index contributed by atoms with van der Waals surface area (Å²) in [6.45, 7) is 0.860. The highest BCUT2D eigenvalue weighted by Crippen LogP contribution is 2.31. The molecule has 0 saturated heterocycles. The van der Waals surface area contributed by atoms with E-state index in [1.165, 1.54) is 18.2 Å². The predicted molar refractivity (Wildman–Crippen MR) is 99.9 cm³/mol. The molecule has 0 saturated carbocycles. The number of hydrogen-bond donors (Lipinski definition) is 2. The fourth-order valence-corrected chi connectivity index (χ4v) is 2.92. The number of nitrogens with two attached hydrogens (primary N) is 1. The van der Waals surface area contributed by atoms with Gasteiger partial charge >= 0.3 is 5.97 Å². The van der Waals surface area contributed by atoms with Gasteiger partial charge in [0.25, 0.3) is 5.92 Å². The van der Waals surface area contributed by atoms with Gasteiger partial charge in [-0.05, 0) is 59.0 Å². The molecule has 3 rings (SSSR count). The standard InChI is InChI=1S/C21H18F2N2O2/c1-21(22,23)17-4-2-3-13(10-17)9-14-5-6-16(20(26)27)11-18(14)15-7-8-25-19(24)12-15/h2-8,10-12H,9H2,1H3,(H2,24,25)(H,26,27). The number of alkyl halides is 2. The Morgan fingerprint density at radius 2 is 1.93 bits per heavy atom. The van der Waals surface area contributed by atoms with Crippen molar-refractivity contribution in [3.63, 3.8) is 0 Å². The van der Waals surface area contributed by atoms with E-state index in [1.807, 2.05) is 0 Å². The fraction of sp³-hybridized carbons (Fsp3) is 0.143. The molecule has 3 aromatic rings. The summed E-state index contributed by atoms with van der Waals surface area (Å²) in [4.78, 5) is 15.3. The van der Waals surface area contributed by atoms with Crippen molar-refractivity contribution in [2.45, 2.75) is 19.3 Å². The van der Waals surface area contributed by atoms with Crippen molar-refractivity contribution in [2.75, 3.05) is 5.73 Å². The first-order chi connectivity index (χ1) is 12.7. The van der Waals surface area contributed by atoms with Crippen LogP contribution in [0, 0.1) is 0 Å². The monoisotopic (exact) mass is 368 g/mol. The van der Waals surface area contributed by atoms with Crippen LogP contribution in [0.15, 0.2) is 60.8 Å². The van der Waals surface area contributed by atoms with Crippen LogP contribution in [-0.4, -0.2) is 16.1 Å². The molecular weight excluding hydrogens is 350 g/mol. The molecule has 0 aliphatic carbocycles. The van der Waals surface area contributed by atoms with E-state index >= 15 is 0 Å². The Morgan fingerprint density at radius 1 is 1.15 bits per heavy atom. The Morgan fingerprint density at radius 3 is 2.59 bits per heavy atom. The molecule has 0 unspecified atom stereocenters. The summed E-state index contributed by atoms with van der Waals surface area (Å²) in [5.41, 5.74) is 8.75. The Hall–Kier alpha value is -3.28. The first-order valence-electron chi connectivity index (χ1n) is 8.29. The zero-order valence-corrected chi connectivity index (χ0v) is 14.6. The van der Waals surface area contributed by atoms with Gasteiger partial charge in [-0.3, -0.25) is 0 Å². The van der Waals surface area contributed by atoms with Crippen LogP contribution >= 0.6 is 0 Å². The summed E-state index contributed by atoms with van der Waals surface area (Å²) in [6, 6.07) is 14.4. The van der Waals surface area contributed by atoms with Crippen LogP contribution in [0.25, 0.3) is 11.1 Å². The summed E-state index contributed by atoms with van der Waals surface area (Å²) in [6.07, 6.45) is 1.92. The number of carboxylic acids is 1. The van der Waals surface area contributed by atoms with Gasteiger partial charge in [0.15, 0.2) is 0 Å². The number of nitrogens with zero attached hydrogens (tertiary/aromatic N) is 1. The first kappa shape index (κ1) is 18.5. The average molecular weight is 368 g/mol. The van der Waals surface area contributed by atoms with Gasteiger partial charge in [0, 0.05) is 18.7 Å². The summed E-state index contributed by atoms with van der Waals surface area (Å²) >= 11 is 0. The van der Waals surface area contributed by atoms with Gasteiger partial charge < -0.3 is 10.8 Å². The van der Waals surface area contributed by atoms with Crippen molar-refractivity contribution in [3.05, 3.63) is 83.0 Å². The van der Waals surface area contributed by atoms with Crippen LogP contribution in [0.1, 0.15) is 34.0 Å². The second kappa shape index (κ2) is 7.15. The smallest absolute Gasteiger partial charge is 0.335 e. The zero-order chi connectivity index (χ0) is 19.6. The minimum atomic E-state index is -2.93. The van der Waals surface area contributed by atoms with E-state index in [0.717, 1.165) is 18.1 Å². The summed E-state index contributed by atoms with van der Waals surface area (Å²) in [7, 11) is 0. The number of halogens is 2. The largest absolute Gasteiger partial charge is 0.478 e. The Kier molecular flexibility index (Phi) is 4.90. The molecule has 3 N–H and O–H groups in total. The maximum Gasteiger partial charge on any atom is 0.335 e. The second-order valence-electron chi connectivity index (χ2n) is 6.41. The lowest BCUT2D eigenvalue weighted by atomic mass is 9.92. The maximum atomic E-state index is 13.6. The van der Waals surface area contributed by atoms with Crippen molar-refractivity contribution in [1.29, 1.82) is 0 Å². The van der Waals surface area contributed by atoms with E-state index in [9.17, 15) is 18.7 Å². The minimum Gasteiger partial charge on any atom is -0.478 e. The number of anilines is 1. The van der Waals surface area contributed by atoms with Crippen molar-refractivity contribution in [1.82, 2.24) is 4.98 Å². The predicted octanol–water partition coefficient (Wildman–Crippen LogP) is 4.73. The highest BCUT2D eigenvalue weighted by Gasteiger charge is 2.24. The minimum absolute atomic E-state index is 0.0585. The highest BCUT2D eigenvalue weighted by molar-refractivity contribution is 5.90. The molecule has 1 aromatic heterocycles. The number of nitrogen functional groups attached to an aromatic ring is 1. The third-order valence-electron chi connectivity index (χ3n) is 4.28. The van der Waals surface area contributed by atoms with Crippen molar-refractivity contribution >= 4 is 11.8 Å². The van der Waals surface area contributed by atoms with Gasteiger partial charge in [0.05, 0.1) is 5.56 Å². The topological polar surface area (TPSA) is 76.2 Å². The van der Waals surface area contributed by atoms with E-state index in [4.69, 9.17) is 5.73 Å². The van der Waals surface area contributed by atoms with Gasteiger partial charge in [0.1, 0.15) is 5.82 Å². The number of aromatic carboxylic acids is 1. The Bertz CT molecular complexity index is 997. The lowest BCUT2D eigenvalue weighted by Crippen LogP contribution is -2.07. The lowest BCUT2D eigenvalue weighted by molar-refractivity contribution is 0.0174. The third-order valence-corrected chi connectivity index (χ3v) is 4.28. The number of carboxylic acid groups (broad SMARTS) is 1. The zero-order valence-electron chi connectivity index (χ0n) is 14.6. The Labute approximate surface area is 155 Å². The highest BCUT2D eigenvalue weighted by atomic mass is 19.3. The molecule has 138 valence electrons. The fourth-order valence-electron chi connectivity index (χ4n) is 2.92. The van der Waals surface area contributed by atoms with Crippen LogP contribution in [0.4, 0.5) is 14.6 Å². The van der Waals surface area contributed by atoms with Crippen LogP contribution in [0.5, 0.6) is 0 Å². The van der Waals surface area contributed by atoms with Crippen molar-refractivity contribution in [3.8, 4) is 11.1 Å². The average Bonchev–Trinajstić information content (AvgIpc) is 2.61.